The zero-order valence-electron chi connectivity index (χ0n) is 17.9. The van der Waals surface area contributed by atoms with E-state index in [0.717, 1.165) is 13.1 Å². The van der Waals surface area contributed by atoms with Gasteiger partial charge in [0.25, 0.3) is 0 Å². The second-order valence-electron chi connectivity index (χ2n) is 8.78. The van der Waals surface area contributed by atoms with E-state index < -0.39 is 28.6 Å². The fourth-order valence-corrected chi connectivity index (χ4v) is 9.35. The van der Waals surface area contributed by atoms with E-state index in [0.29, 0.717) is 39.3 Å². The van der Waals surface area contributed by atoms with Crippen molar-refractivity contribution < 1.29 is 29.3 Å². The number of ether oxygens (including phenoxy) is 1. The number of carbonyl (C=O) groups is 3. The van der Waals surface area contributed by atoms with Gasteiger partial charge in [-0.25, -0.2) is 0 Å². The van der Waals surface area contributed by atoms with Crippen molar-refractivity contribution in [2.75, 3.05) is 59.1 Å². The number of halogens is 1. The molecule has 4 aliphatic rings. The van der Waals surface area contributed by atoms with Crippen molar-refractivity contribution in [3.63, 3.8) is 0 Å². The van der Waals surface area contributed by atoms with Crippen LogP contribution in [0.1, 0.15) is 6.42 Å². The van der Waals surface area contributed by atoms with Crippen molar-refractivity contribution in [1.29, 1.82) is 0 Å². The SMILES string of the molecule is C=CCN(CCN1CCOCC1)C(=O)C1N(CCO)C(=O)[C@@H]2[C@@H](C(=O)O)[C@@H]3SC12CC3Br. The largest absolute Gasteiger partial charge is 0.481 e. The number of amides is 2. The molecule has 178 valence electrons. The second kappa shape index (κ2) is 9.61. The highest BCUT2D eigenvalue weighted by Crippen LogP contribution is 2.67. The van der Waals surface area contributed by atoms with E-state index in [1.165, 1.54) is 16.7 Å². The molecule has 6 atom stereocenters. The summed E-state index contributed by atoms with van der Waals surface area (Å²) in [5.41, 5.74) is 0. The molecule has 2 N–H and O–H groups in total. The highest BCUT2D eigenvalue weighted by molar-refractivity contribution is 9.09. The van der Waals surface area contributed by atoms with Crippen molar-refractivity contribution in [1.82, 2.24) is 14.7 Å². The average Bonchev–Trinajstić information content (AvgIpc) is 3.36. The van der Waals surface area contributed by atoms with E-state index in [2.05, 4.69) is 27.4 Å². The van der Waals surface area contributed by atoms with Crippen LogP contribution in [0.2, 0.25) is 0 Å². The van der Waals surface area contributed by atoms with Crippen LogP contribution in [0.4, 0.5) is 0 Å². The highest BCUT2D eigenvalue weighted by atomic mass is 79.9. The van der Waals surface area contributed by atoms with Gasteiger partial charge in [-0.1, -0.05) is 22.0 Å². The molecule has 4 rings (SSSR count). The van der Waals surface area contributed by atoms with Crippen molar-refractivity contribution in [2.24, 2.45) is 11.8 Å². The maximum atomic E-state index is 13.9. The number of thioether (sulfide) groups is 1. The molecule has 0 aromatic heterocycles. The number of nitrogens with zero attached hydrogens (tertiary/aromatic N) is 3. The first-order valence-electron chi connectivity index (χ1n) is 11.0. The zero-order chi connectivity index (χ0) is 23.0. The Morgan fingerprint density at radius 1 is 1.34 bits per heavy atom. The number of aliphatic hydroxyl groups excluding tert-OH is 1. The highest BCUT2D eigenvalue weighted by Gasteiger charge is 2.75. The van der Waals surface area contributed by atoms with Crippen molar-refractivity contribution >= 4 is 45.5 Å². The summed E-state index contributed by atoms with van der Waals surface area (Å²) in [6.07, 6.45) is 2.22. The summed E-state index contributed by atoms with van der Waals surface area (Å²) < 4.78 is 4.59. The minimum atomic E-state index is -1.00. The third-order valence-corrected chi connectivity index (χ3v) is 10.3. The van der Waals surface area contributed by atoms with E-state index in [9.17, 15) is 24.6 Å². The third kappa shape index (κ3) is 3.89. The van der Waals surface area contributed by atoms with Gasteiger partial charge in [0.05, 0.1) is 36.4 Å². The molecule has 32 heavy (non-hydrogen) atoms. The quantitative estimate of drug-likeness (QED) is 0.313. The number of aliphatic carboxylic acids is 1. The summed E-state index contributed by atoms with van der Waals surface area (Å²) in [5.74, 6) is -3.12. The average molecular weight is 532 g/mol. The molecule has 0 aromatic carbocycles. The van der Waals surface area contributed by atoms with Gasteiger partial charge in [-0.3, -0.25) is 19.3 Å². The standard InChI is InChI=1S/C21H30BrN3O6S/c1-2-3-24(5-4-23-7-10-31-11-8-23)19(28)17-21-12-13(22)16(32-21)14(20(29)30)15(21)18(27)25(17)6-9-26/h2,13-17,26H,1,3-12H2,(H,29,30)/t13?,14-,15+,16-,17?,21?/m1/s1. The molecule has 0 aromatic rings. The molecular weight excluding hydrogens is 502 g/mol. The number of likely N-dealkylation sites (tertiary alicyclic amines) is 1. The predicted molar refractivity (Wildman–Crippen MR) is 123 cm³/mol. The lowest BCUT2D eigenvalue weighted by Gasteiger charge is -2.38. The number of hydrogen-bond donors (Lipinski definition) is 2. The van der Waals surface area contributed by atoms with Crippen LogP contribution in [0.3, 0.4) is 0 Å². The molecule has 2 bridgehead atoms. The van der Waals surface area contributed by atoms with Gasteiger partial charge in [-0.15, -0.1) is 18.3 Å². The van der Waals surface area contributed by atoms with E-state index >= 15 is 0 Å². The number of rotatable bonds is 9. The second-order valence-corrected chi connectivity index (χ2v) is 11.5. The van der Waals surface area contributed by atoms with Crippen LogP contribution in [0.15, 0.2) is 12.7 Å². The van der Waals surface area contributed by atoms with Gasteiger partial charge in [0.15, 0.2) is 0 Å². The van der Waals surface area contributed by atoms with E-state index in [4.69, 9.17) is 4.74 Å². The summed E-state index contributed by atoms with van der Waals surface area (Å²) in [6, 6.07) is -0.795. The number of carbonyl (C=O) groups excluding carboxylic acids is 2. The normalized spacial score (nSPS) is 36.4. The van der Waals surface area contributed by atoms with Gasteiger partial charge < -0.3 is 24.7 Å². The van der Waals surface area contributed by atoms with Crippen molar-refractivity contribution in [2.45, 2.75) is 27.3 Å². The molecule has 4 fully saturated rings. The number of β-amino-alcohol motifs (C(OH)–C–C–N with tert-alkyl or cyclic N) is 1. The Balaban J connectivity index is 1.62. The number of carboxylic acid groups (broad SMARTS) is 1. The number of aliphatic hydroxyl groups is 1. The maximum Gasteiger partial charge on any atom is 0.308 e. The lowest BCUT2D eigenvalue weighted by molar-refractivity contribution is -0.148. The summed E-state index contributed by atoms with van der Waals surface area (Å²) in [5, 5.41) is 19.3. The lowest BCUT2D eigenvalue weighted by atomic mass is 9.71. The first kappa shape index (κ1) is 24.0. The van der Waals surface area contributed by atoms with Crippen LogP contribution in [0.5, 0.6) is 0 Å². The Morgan fingerprint density at radius 3 is 2.69 bits per heavy atom. The van der Waals surface area contributed by atoms with Gasteiger partial charge in [0.2, 0.25) is 11.8 Å². The Labute approximate surface area is 200 Å². The molecular formula is C21H30BrN3O6S. The van der Waals surface area contributed by atoms with Crippen molar-refractivity contribution in [3.05, 3.63) is 12.7 Å². The molecule has 9 nitrogen and oxygen atoms in total. The molecule has 11 heteroatoms. The zero-order valence-corrected chi connectivity index (χ0v) is 20.3. The Kier molecular flexibility index (Phi) is 7.21. The van der Waals surface area contributed by atoms with E-state index in [1.54, 1.807) is 11.0 Å². The molecule has 0 aliphatic carbocycles. The summed E-state index contributed by atoms with van der Waals surface area (Å²) in [4.78, 5) is 44.7. The molecule has 4 heterocycles. The summed E-state index contributed by atoms with van der Waals surface area (Å²) in [6.45, 7) is 8.01. The number of hydrogen-bond acceptors (Lipinski definition) is 7. The lowest BCUT2D eigenvalue weighted by Crippen LogP contribution is -2.56. The van der Waals surface area contributed by atoms with Gasteiger partial charge in [0.1, 0.15) is 6.04 Å². The van der Waals surface area contributed by atoms with Gasteiger partial charge >= 0.3 is 5.97 Å². The Bertz CT molecular complexity index is 781. The van der Waals surface area contributed by atoms with Crippen LogP contribution in [0, 0.1) is 11.8 Å². The van der Waals surface area contributed by atoms with Crippen LogP contribution < -0.4 is 0 Å². The maximum absolute atomic E-state index is 13.9. The first-order chi connectivity index (χ1) is 15.4. The molecule has 4 aliphatic heterocycles. The molecule has 4 saturated heterocycles. The Morgan fingerprint density at radius 2 is 2.06 bits per heavy atom. The van der Waals surface area contributed by atoms with Crippen molar-refractivity contribution in [3.8, 4) is 0 Å². The van der Waals surface area contributed by atoms with Crippen LogP contribution in [-0.2, 0) is 19.1 Å². The predicted octanol–water partition coefficient (Wildman–Crippen LogP) is -0.125. The molecule has 0 saturated carbocycles. The smallest absolute Gasteiger partial charge is 0.308 e. The van der Waals surface area contributed by atoms with Crippen LogP contribution in [0.25, 0.3) is 0 Å². The topological polar surface area (TPSA) is 111 Å². The fourth-order valence-electron chi connectivity index (χ4n) is 5.75. The monoisotopic (exact) mass is 531 g/mol. The molecule has 0 radical (unpaired) electrons. The van der Waals surface area contributed by atoms with Gasteiger partial charge in [0, 0.05) is 49.3 Å². The summed E-state index contributed by atoms with van der Waals surface area (Å²) >= 11 is 5.09. The Hall–Kier alpha value is -1.14. The number of carboxylic acids is 1. The van der Waals surface area contributed by atoms with E-state index in [1.807, 2.05) is 0 Å². The first-order valence-corrected chi connectivity index (χ1v) is 12.8. The molecule has 2 amide bonds. The number of alkyl halides is 1. The number of fused-ring (bicyclic) bond motifs is 1. The number of morpholine rings is 1. The van der Waals surface area contributed by atoms with Gasteiger partial charge in [-0.05, 0) is 6.42 Å². The van der Waals surface area contributed by atoms with Crippen LogP contribution in [-0.4, -0.2) is 123 Å². The summed E-state index contributed by atoms with van der Waals surface area (Å²) in [7, 11) is 0. The minimum absolute atomic E-state index is 0.0173. The van der Waals surface area contributed by atoms with Gasteiger partial charge in [-0.2, -0.15) is 0 Å². The fraction of sp³-hybridized carbons (Fsp3) is 0.762. The third-order valence-electron chi connectivity index (χ3n) is 7.10. The molecule has 3 unspecified atom stereocenters. The molecule has 1 spiro atoms. The van der Waals surface area contributed by atoms with E-state index in [-0.39, 0.29) is 35.0 Å². The minimum Gasteiger partial charge on any atom is -0.481 e. The van der Waals surface area contributed by atoms with Crippen LogP contribution >= 0.6 is 27.7 Å².